The van der Waals surface area contributed by atoms with Gasteiger partial charge in [-0.15, -0.1) is 0 Å². The smallest absolute Gasteiger partial charge is 0.124 e. The summed E-state index contributed by atoms with van der Waals surface area (Å²) in [6.45, 7) is 0. The summed E-state index contributed by atoms with van der Waals surface area (Å²) < 4.78 is 6.13. The van der Waals surface area contributed by atoms with Crippen molar-refractivity contribution in [3.05, 3.63) is 28.8 Å². The fourth-order valence-electron chi connectivity index (χ4n) is 2.86. The Morgan fingerprint density at radius 3 is 2.73 bits per heavy atom. The van der Waals surface area contributed by atoms with Crippen LogP contribution in [0.25, 0.3) is 0 Å². The first kappa shape index (κ1) is 9.53. The molecule has 0 atom stereocenters. The van der Waals surface area contributed by atoms with Gasteiger partial charge in [0.2, 0.25) is 0 Å². The number of benzene rings is 1. The fourth-order valence-corrected chi connectivity index (χ4v) is 3.02. The van der Waals surface area contributed by atoms with Gasteiger partial charge in [0, 0.05) is 11.4 Å². The van der Waals surface area contributed by atoms with E-state index >= 15 is 0 Å². The van der Waals surface area contributed by atoms with Crippen LogP contribution in [-0.2, 0) is 6.42 Å². The van der Waals surface area contributed by atoms with Crippen LogP contribution in [0.15, 0.2) is 18.2 Å². The van der Waals surface area contributed by atoms with Gasteiger partial charge in [0.1, 0.15) is 11.4 Å². The van der Waals surface area contributed by atoms with Gasteiger partial charge >= 0.3 is 0 Å². The monoisotopic (exact) mass is 222 g/mol. The zero-order chi connectivity index (χ0) is 10.3. The average molecular weight is 223 g/mol. The molecular formula is C13H15ClO. The molecular weight excluding hydrogens is 208 g/mol. The molecule has 15 heavy (non-hydrogen) atoms. The second-order valence-electron chi connectivity index (χ2n) is 4.77. The maximum Gasteiger partial charge on any atom is 0.124 e. The van der Waals surface area contributed by atoms with Crippen LogP contribution in [0.1, 0.15) is 37.7 Å². The number of halogens is 1. The van der Waals surface area contributed by atoms with E-state index < -0.39 is 0 Å². The van der Waals surface area contributed by atoms with Crippen molar-refractivity contribution in [2.75, 3.05) is 0 Å². The lowest BCUT2D eigenvalue weighted by molar-refractivity contribution is 0.0529. The molecule has 3 rings (SSSR count). The molecule has 1 nitrogen and oxygen atoms in total. The van der Waals surface area contributed by atoms with Crippen LogP contribution < -0.4 is 4.74 Å². The van der Waals surface area contributed by atoms with Crippen molar-refractivity contribution in [3.63, 3.8) is 0 Å². The molecule has 1 aromatic rings. The number of fused-ring (bicyclic) bond motifs is 1. The quantitative estimate of drug-likeness (QED) is 0.645. The molecule has 1 aliphatic carbocycles. The Balaban J connectivity index is 1.90. The summed E-state index contributed by atoms with van der Waals surface area (Å²) in [6.07, 6.45) is 7.48. The van der Waals surface area contributed by atoms with E-state index in [2.05, 4.69) is 6.07 Å². The molecule has 0 radical (unpaired) electrons. The highest BCUT2D eigenvalue weighted by Gasteiger charge is 2.39. The number of hydrogen-bond acceptors (Lipinski definition) is 1. The van der Waals surface area contributed by atoms with E-state index in [1.165, 1.54) is 37.7 Å². The minimum Gasteiger partial charge on any atom is -0.487 e. The molecule has 2 aliphatic rings. The maximum absolute atomic E-state index is 6.13. The van der Waals surface area contributed by atoms with Gasteiger partial charge in [0.25, 0.3) is 0 Å². The second kappa shape index (κ2) is 3.41. The van der Waals surface area contributed by atoms with E-state index in [-0.39, 0.29) is 5.60 Å². The van der Waals surface area contributed by atoms with Gasteiger partial charge in [0.15, 0.2) is 0 Å². The van der Waals surface area contributed by atoms with Crippen LogP contribution >= 0.6 is 11.6 Å². The van der Waals surface area contributed by atoms with Crippen LogP contribution in [0.2, 0.25) is 5.02 Å². The third-order valence-electron chi connectivity index (χ3n) is 3.63. The van der Waals surface area contributed by atoms with Gasteiger partial charge in [-0.1, -0.05) is 24.1 Å². The normalized spacial score (nSPS) is 22.5. The molecule has 0 N–H and O–H groups in total. The summed E-state index contributed by atoms with van der Waals surface area (Å²) in [5.74, 6) is 1.02. The van der Waals surface area contributed by atoms with Gasteiger partial charge in [-0.3, -0.25) is 0 Å². The lowest BCUT2D eigenvalue weighted by Crippen LogP contribution is -2.36. The predicted molar refractivity (Wildman–Crippen MR) is 61.6 cm³/mol. The third-order valence-corrected chi connectivity index (χ3v) is 3.87. The Kier molecular flexibility index (Phi) is 2.17. The SMILES string of the molecule is Clc1ccc2c(c1)OC1(CCCCC1)C2. The molecule has 0 aromatic heterocycles. The van der Waals surface area contributed by atoms with Crippen LogP contribution in [-0.4, -0.2) is 5.60 Å². The molecule has 0 amide bonds. The van der Waals surface area contributed by atoms with Crippen molar-refractivity contribution in [2.24, 2.45) is 0 Å². The van der Waals surface area contributed by atoms with Gasteiger partial charge in [0.05, 0.1) is 0 Å². The number of hydrogen-bond donors (Lipinski definition) is 0. The summed E-state index contributed by atoms with van der Waals surface area (Å²) in [5.41, 5.74) is 1.45. The second-order valence-corrected chi connectivity index (χ2v) is 5.21. The topological polar surface area (TPSA) is 9.23 Å². The van der Waals surface area contributed by atoms with E-state index in [0.29, 0.717) is 0 Å². The first-order chi connectivity index (χ1) is 7.27. The van der Waals surface area contributed by atoms with Gasteiger partial charge in [-0.25, -0.2) is 0 Å². The lowest BCUT2D eigenvalue weighted by Gasteiger charge is -2.32. The molecule has 0 bridgehead atoms. The first-order valence-corrected chi connectivity index (χ1v) is 6.13. The number of ether oxygens (including phenoxy) is 1. The molecule has 1 spiro atoms. The Morgan fingerprint density at radius 2 is 1.93 bits per heavy atom. The fraction of sp³-hybridized carbons (Fsp3) is 0.538. The first-order valence-electron chi connectivity index (χ1n) is 5.75. The summed E-state index contributed by atoms with van der Waals surface area (Å²) in [4.78, 5) is 0. The molecule has 1 aliphatic heterocycles. The molecule has 0 unspecified atom stereocenters. The van der Waals surface area contributed by atoms with Crippen LogP contribution in [0.3, 0.4) is 0 Å². The minimum absolute atomic E-state index is 0.116. The van der Waals surface area contributed by atoms with Gasteiger partial charge in [-0.05, 0) is 43.4 Å². The summed E-state index contributed by atoms with van der Waals surface area (Å²) in [7, 11) is 0. The van der Waals surface area contributed by atoms with Crippen LogP contribution in [0.5, 0.6) is 5.75 Å². The van der Waals surface area contributed by atoms with Gasteiger partial charge in [-0.2, -0.15) is 0 Å². The molecule has 0 saturated heterocycles. The Bertz CT molecular complexity index is 380. The largest absolute Gasteiger partial charge is 0.487 e. The molecule has 1 aromatic carbocycles. The highest BCUT2D eigenvalue weighted by molar-refractivity contribution is 6.30. The van der Waals surface area contributed by atoms with Crippen molar-refractivity contribution >= 4 is 11.6 Å². The summed E-state index contributed by atoms with van der Waals surface area (Å²) in [6, 6.07) is 6.03. The van der Waals surface area contributed by atoms with Crippen molar-refractivity contribution in [1.29, 1.82) is 0 Å². The number of rotatable bonds is 0. The Morgan fingerprint density at radius 1 is 1.13 bits per heavy atom. The molecule has 2 heteroatoms. The van der Waals surface area contributed by atoms with E-state index in [0.717, 1.165) is 17.2 Å². The van der Waals surface area contributed by atoms with E-state index in [4.69, 9.17) is 16.3 Å². The zero-order valence-corrected chi connectivity index (χ0v) is 9.52. The zero-order valence-electron chi connectivity index (χ0n) is 8.76. The highest BCUT2D eigenvalue weighted by atomic mass is 35.5. The van der Waals surface area contributed by atoms with Gasteiger partial charge < -0.3 is 4.74 Å². The third kappa shape index (κ3) is 1.63. The van der Waals surface area contributed by atoms with Crippen LogP contribution in [0, 0.1) is 0 Å². The Labute approximate surface area is 95.4 Å². The van der Waals surface area contributed by atoms with E-state index in [9.17, 15) is 0 Å². The minimum atomic E-state index is 0.116. The van der Waals surface area contributed by atoms with Crippen molar-refractivity contribution in [1.82, 2.24) is 0 Å². The average Bonchev–Trinajstić information content (AvgIpc) is 2.56. The molecule has 1 saturated carbocycles. The van der Waals surface area contributed by atoms with Crippen molar-refractivity contribution in [2.45, 2.75) is 44.1 Å². The van der Waals surface area contributed by atoms with E-state index in [1.54, 1.807) is 0 Å². The molecule has 80 valence electrons. The highest BCUT2D eigenvalue weighted by Crippen LogP contribution is 2.43. The summed E-state index contributed by atoms with van der Waals surface area (Å²) >= 11 is 5.97. The van der Waals surface area contributed by atoms with Crippen molar-refractivity contribution < 1.29 is 4.74 Å². The standard InChI is InChI=1S/C13H15ClO/c14-11-5-4-10-9-13(15-12(10)8-11)6-2-1-3-7-13/h4-5,8H,1-3,6-7,9H2. The Hall–Kier alpha value is -0.690. The maximum atomic E-state index is 6.13. The molecule has 1 fully saturated rings. The molecule has 1 heterocycles. The summed E-state index contributed by atoms with van der Waals surface area (Å²) in [5, 5.41) is 0.779. The lowest BCUT2D eigenvalue weighted by atomic mass is 9.82. The van der Waals surface area contributed by atoms with Crippen LogP contribution in [0.4, 0.5) is 0 Å². The predicted octanol–water partition coefficient (Wildman–Crippen LogP) is 3.98. The van der Waals surface area contributed by atoms with Crippen molar-refractivity contribution in [3.8, 4) is 5.75 Å². The van der Waals surface area contributed by atoms with E-state index in [1.807, 2.05) is 12.1 Å².